The van der Waals surface area contributed by atoms with E-state index in [4.69, 9.17) is 15.9 Å². The van der Waals surface area contributed by atoms with Gasteiger partial charge in [0, 0.05) is 17.7 Å². The lowest BCUT2D eigenvalue weighted by molar-refractivity contribution is -0.887. The number of ether oxygens (including phenoxy) is 1. The second-order valence-electron chi connectivity index (χ2n) is 10.7. The molecule has 0 aromatic heterocycles. The van der Waals surface area contributed by atoms with Crippen LogP contribution < -0.4 is 10.5 Å². The Morgan fingerprint density at radius 2 is 1.95 bits per heavy atom. The number of amides is 1. The highest BCUT2D eigenvalue weighted by atomic mass is 32.2. The third-order valence-electron chi connectivity index (χ3n) is 7.77. The molecule has 1 saturated heterocycles. The minimum atomic E-state index is -0.752. The number of allylic oxidation sites excluding steroid dienone is 1. The first-order valence-corrected chi connectivity index (χ1v) is 13.7. The average Bonchev–Trinajstić information content (AvgIpc) is 3.07. The highest BCUT2D eigenvalue weighted by molar-refractivity contribution is 8.13. The van der Waals surface area contributed by atoms with Crippen LogP contribution in [0.2, 0.25) is 0 Å². The number of nitrogens with zero attached hydrogens (tertiary/aromatic N) is 2. The third kappa shape index (κ3) is 5.39. The fourth-order valence-electron chi connectivity index (χ4n) is 5.55. The van der Waals surface area contributed by atoms with Gasteiger partial charge in [0.25, 0.3) is 0 Å². The monoisotopic (exact) mass is 525 g/mol. The molecule has 4 N–H and O–H groups in total. The summed E-state index contributed by atoms with van der Waals surface area (Å²) in [5.41, 5.74) is 7.89. The predicted molar refractivity (Wildman–Crippen MR) is 147 cm³/mol. The second kappa shape index (κ2) is 10.8. The van der Waals surface area contributed by atoms with E-state index in [1.165, 1.54) is 22.2 Å². The van der Waals surface area contributed by atoms with Crippen molar-refractivity contribution in [1.82, 2.24) is 4.90 Å². The standard InChI is InChI=1S/C28H37N4O4S/c1-17-22(23(15-33)31-26(17)25(18(2)34)27(31)35)16-36-24-10-6-8-20-19(7-5-9-21(20)24)11-12-32(3,4)13-14-37-28(29)30/h5-10,15,17-18,25-26,34H,11-14,16H2,1-4H3,(H3,29,30)/q+1/t17-,18+,25+,26?/m0/s1. The van der Waals surface area contributed by atoms with Crippen molar-refractivity contribution < 1.29 is 23.9 Å². The maximum Gasteiger partial charge on any atom is 0.235 e. The number of thioether (sulfide) groups is 1. The van der Waals surface area contributed by atoms with Crippen molar-refractivity contribution in [1.29, 1.82) is 5.41 Å². The van der Waals surface area contributed by atoms with Crippen LogP contribution in [0, 0.1) is 17.2 Å². The summed E-state index contributed by atoms with van der Waals surface area (Å²) < 4.78 is 7.11. The lowest BCUT2D eigenvalue weighted by atomic mass is 9.78. The zero-order valence-corrected chi connectivity index (χ0v) is 22.8. The Kier molecular flexibility index (Phi) is 7.96. The second-order valence-corrected chi connectivity index (χ2v) is 11.8. The van der Waals surface area contributed by atoms with E-state index < -0.39 is 12.0 Å². The number of aldehydes is 1. The summed E-state index contributed by atoms with van der Waals surface area (Å²) in [5, 5.41) is 19.8. The van der Waals surface area contributed by atoms with Gasteiger partial charge in [-0.15, -0.1) is 0 Å². The largest absolute Gasteiger partial charge is 0.489 e. The predicted octanol–water partition coefficient (Wildman–Crippen LogP) is 2.77. The molecule has 198 valence electrons. The van der Waals surface area contributed by atoms with Gasteiger partial charge in [0.2, 0.25) is 5.91 Å². The van der Waals surface area contributed by atoms with E-state index in [2.05, 4.69) is 26.2 Å². The van der Waals surface area contributed by atoms with Gasteiger partial charge in [0.1, 0.15) is 12.4 Å². The Morgan fingerprint density at radius 1 is 1.24 bits per heavy atom. The molecule has 8 nitrogen and oxygen atoms in total. The molecular weight excluding hydrogens is 488 g/mol. The number of nitrogens with two attached hydrogens (primary N) is 1. The minimum absolute atomic E-state index is 0.0656. The molecule has 9 heteroatoms. The fraction of sp³-hybridized carbons (Fsp3) is 0.464. The van der Waals surface area contributed by atoms with Crippen molar-refractivity contribution in [3.05, 3.63) is 53.2 Å². The van der Waals surface area contributed by atoms with E-state index in [0.29, 0.717) is 5.70 Å². The number of rotatable bonds is 11. The first kappa shape index (κ1) is 27.2. The number of likely N-dealkylation sites (N-methyl/N-ethyl adjacent to an activating group) is 1. The molecule has 4 atom stereocenters. The molecule has 2 aromatic rings. The Balaban J connectivity index is 1.49. The van der Waals surface area contributed by atoms with Gasteiger partial charge in [-0.05, 0) is 29.5 Å². The van der Waals surface area contributed by atoms with Gasteiger partial charge < -0.3 is 25.0 Å². The van der Waals surface area contributed by atoms with Gasteiger partial charge >= 0.3 is 0 Å². The minimum Gasteiger partial charge on any atom is -0.489 e. The molecule has 2 aliphatic rings. The van der Waals surface area contributed by atoms with E-state index in [-0.39, 0.29) is 29.6 Å². The van der Waals surface area contributed by atoms with Crippen molar-refractivity contribution >= 4 is 39.9 Å². The number of aliphatic hydroxyl groups is 1. The van der Waals surface area contributed by atoms with Crippen molar-refractivity contribution in [2.24, 2.45) is 17.6 Å². The molecule has 2 aliphatic heterocycles. The van der Waals surface area contributed by atoms with Crippen LogP contribution in [0.1, 0.15) is 19.4 Å². The van der Waals surface area contributed by atoms with Gasteiger partial charge in [0.05, 0.1) is 56.7 Å². The quantitative estimate of drug-likeness (QED) is 0.137. The van der Waals surface area contributed by atoms with E-state index in [9.17, 15) is 14.7 Å². The molecule has 2 heterocycles. The van der Waals surface area contributed by atoms with Crippen molar-refractivity contribution in [2.75, 3.05) is 39.5 Å². The summed E-state index contributed by atoms with van der Waals surface area (Å²) in [6.45, 7) is 5.70. The molecule has 37 heavy (non-hydrogen) atoms. The van der Waals surface area contributed by atoms with Crippen molar-refractivity contribution in [2.45, 2.75) is 32.4 Å². The van der Waals surface area contributed by atoms with E-state index >= 15 is 0 Å². The zero-order chi connectivity index (χ0) is 26.9. The number of quaternary nitrogens is 1. The first-order chi connectivity index (χ1) is 17.6. The number of amidine groups is 1. The van der Waals surface area contributed by atoms with Gasteiger partial charge in [-0.2, -0.15) is 0 Å². The van der Waals surface area contributed by atoms with Crippen LogP contribution >= 0.6 is 11.8 Å². The summed E-state index contributed by atoms with van der Waals surface area (Å²) in [6, 6.07) is 12.1. The van der Waals surface area contributed by atoms with Crippen molar-refractivity contribution in [3.63, 3.8) is 0 Å². The van der Waals surface area contributed by atoms with Crippen LogP contribution in [0.5, 0.6) is 5.75 Å². The van der Waals surface area contributed by atoms with Crippen LogP contribution in [-0.4, -0.2) is 83.5 Å². The SMILES string of the molecule is C[C@H]1C(COc2cccc3c(CC[N+](C)(C)CCSC(=N)N)cccc23)=C(C=O)N2C(=O)[C@H]([C@@H](C)O)C12. The molecule has 1 amide bonds. The molecule has 0 aliphatic carbocycles. The number of β-lactam (4-membered cyclic amide) rings is 1. The molecule has 4 rings (SSSR count). The molecule has 1 fully saturated rings. The number of carbonyl (C=O) groups is 2. The van der Waals surface area contributed by atoms with E-state index in [1.54, 1.807) is 6.92 Å². The summed E-state index contributed by atoms with van der Waals surface area (Å²) in [6.07, 6.45) is 0.883. The lowest BCUT2D eigenvalue weighted by Crippen LogP contribution is -2.63. The maximum atomic E-state index is 12.6. The molecule has 1 unspecified atom stereocenters. The average molecular weight is 526 g/mol. The summed E-state index contributed by atoms with van der Waals surface area (Å²) >= 11 is 1.38. The van der Waals surface area contributed by atoms with E-state index in [0.717, 1.165) is 58.1 Å². The number of benzene rings is 2. The van der Waals surface area contributed by atoms with Gasteiger partial charge in [-0.3, -0.25) is 15.0 Å². The molecule has 0 saturated carbocycles. The topological polar surface area (TPSA) is 117 Å². The molecular formula is C28H37N4O4S+. The van der Waals surface area contributed by atoms with E-state index in [1.807, 2.05) is 31.2 Å². The summed E-state index contributed by atoms with van der Waals surface area (Å²) in [5.74, 6) is 0.813. The van der Waals surface area contributed by atoms with Gasteiger partial charge in [0.15, 0.2) is 11.5 Å². The Labute approximate surface area is 222 Å². The maximum absolute atomic E-state index is 12.6. The van der Waals surface area contributed by atoms with Crippen LogP contribution in [0.15, 0.2) is 47.7 Å². The Morgan fingerprint density at radius 3 is 2.62 bits per heavy atom. The molecule has 0 spiro atoms. The number of carbonyl (C=O) groups excluding carboxylic acids is 2. The fourth-order valence-corrected chi connectivity index (χ4v) is 6.36. The highest BCUT2D eigenvalue weighted by Crippen LogP contribution is 2.46. The first-order valence-electron chi connectivity index (χ1n) is 12.7. The number of nitrogens with one attached hydrogen (secondary N) is 1. The highest BCUT2D eigenvalue weighted by Gasteiger charge is 2.58. The summed E-state index contributed by atoms with van der Waals surface area (Å²) in [7, 11) is 4.38. The third-order valence-corrected chi connectivity index (χ3v) is 8.46. The number of fused-ring (bicyclic) bond motifs is 2. The van der Waals surface area contributed by atoms with Crippen LogP contribution in [0.3, 0.4) is 0 Å². The molecule has 2 aromatic carbocycles. The van der Waals surface area contributed by atoms with Crippen molar-refractivity contribution in [3.8, 4) is 5.75 Å². The van der Waals surface area contributed by atoms with Crippen LogP contribution in [-0.2, 0) is 16.0 Å². The number of hydrogen-bond acceptors (Lipinski definition) is 6. The zero-order valence-electron chi connectivity index (χ0n) is 21.9. The number of hydrogen-bond donors (Lipinski definition) is 3. The smallest absolute Gasteiger partial charge is 0.235 e. The lowest BCUT2D eigenvalue weighted by Gasteiger charge is -2.46. The number of aliphatic hydroxyl groups excluding tert-OH is 1. The van der Waals surface area contributed by atoms with Gasteiger partial charge in [-0.25, -0.2) is 0 Å². The normalized spacial score (nSPS) is 22.1. The van der Waals surface area contributed by atoms with Crippen LogP contribution in [0.25, 0.3) is 10.8 Å². The molecule has 0 bridgehead atoms. The van der Waals surface area contributed by atoms with Crippen LogP contribution in [0.4, 0.5) is 0 Å². The van der Waals surface area contributed by atoms with Gasteiger partial charge in [-0.1, -0.05) is 49.0 Å². The Bertz CT molecular complexity index is 1240. The molecule has 0 radical (unpaired) electrons. The summed E-state index contributed by atoms with van der Waals surface area (Å²) in [4.78, 5) is 26.0. The Hall–Kier alpha value is -2.88.